The molecule has 1 fully saturated rings. The van der Waals surface area contributed by atoms with Crippen LogP contribution in [0.15, 0.2) is 11.0 Å². The van der Waals surface area contributed by atoms with Crippen molar-refractivity contribution >= 4 is 45.2 Å². The maximum absolute atomic E-state index is 14.5. The average molecular weight is 482 g/mol. The van der Waals surface area contributed by atoms with Gasteiger partial charge in [-0.05, 0) is 19.8 Å². The van der Waals surface area contributed by atoms with E-state index in [1.807, 2.05) is 22.6 Å². The molecule has 1 aliphatic rings. The summed E-state index contributed by atoms with van der Waals surface area (Å²) in [6.07, 6.45) is 1.95. The third kappa shape index (κ3) is 2.64. The number of carbonyl (C=O) groups is 1. The number of nitro benzene ring substituents is 1. The van der Waals surface area contributed by atoms with Gasteiger partial charge in [0.1, 0.15) is 10.9 Å². The molecule has 0 bridgehead atoms. The highest BCUT2D eigenvalue weighted by Gasteiger charge is 2.45. The van der Waals surface area contributed by atoms with Crippen molar-refractivity contribution in [3.8, 4) is 0 Å². The van der Waals surface area contributed by atoms with Crippen LogP contribution in [0.4, 0.5) is 18.9 Å². The zero-order valence-electron chi connectivity index (χ0n) is 13.1. The summed E-state index contributed by atoms with van der Waals surface area (Å²) in [6.45, 7) is 1.40. The van der Waals surface area contributed by atoms with Gasteiger partial charge < -0.3 is 9.30 Å². The van der Waals surface area contributed by atoms with E-state index in [2.05, 4.69) is 0 Å². The zero-order valence-corrected chi connectivity index (χ0v) is 15.3. The van der Waals surface area contributed by atoms with Crippen molar-refractivity contribution < 1.29 is 27.6 Å². The molecule has 0 spiro atoms. The number of alkyl halides is 1. The number of nitrogens with zero attached hydrogens (tertiary/aromatic N) is 2. The Morgan fingerprint density at radius 2 is 1.96 bits per heavy atom. The van der Waals surface area contributed by atoms with E-state index in [0.717, 1.165) is 10.8 Å². The van der Waals surface area contributed by atoms with E-state index < -0.39 is 59.5 Å². The van der Waals surface area contributed by atoms with Crippen LogP contribution < -0.4 is 5.43 Å². The van der Waals surface area contributed by atoms with Crippen LogP contribution in [0.25, 0.3) is 10.9 Å². The van der Waals surface area contributed by atoms with Crippen molar-refractivity contribution in [2.24, 2.45) is 0 Å². The van der Waals surface area contributed by atoms with Crippen LogP contribution in [0.1, 0.15) is 30.1 Å². The van der Waals surface area contributed by atoms with Gasteiger partial charge in [-0.1, -0.05) is 22.6 Å². The minimum absolute atomic E-state index is 0.0834. The highest BCUT2D eigenvalue weighted by atomic mass is 127. The smallest absolute Gasteiger partial charge is 0.343 e. The molecular formula is C15H10F3IN2O5. The molecule has 1 aromatic heterocycles. The Balaban J connectivity index is 2.58. The summed E-state index contributed by atoms with van der Waals surface area (Å²) in [7, 11) is 0. The molecule has 1 saturated carbocycles. The number of rotatable bonds is 4. The Morgan fingerprint density at radius 3 is 2.46 bits per heavy atom. The van der Waals surface area contributed by atoms with Gasteiger partial charge in [0.05, 0.1) is 20.6 Å². The molecule has 0 saturated heterocycles. The van der Waals surface area contributed by atoms with Crippen molar-refractivity contribution in [2.75, 3.05) is 6.61 Å². The topological polar surface area (TPSA) is 91.4 Å². The molecule has 1 aromatic carbocycles. The third-order valence-electron chi connectivity index (χ3n) is 4.02. The van der Waals surface area contributed by atoms with Crippen molar-refractivity contribution in [1.82, 2.24) is 4.57 Å². The van der Waals surface area contributed by atoms with Crippen LogP contribution in [-0.4, -0.2) is 22.1 Å². The molecule has 1 aliphatic carbocycles. The average Bonchev–Trinajstić information content (AvgIpc) is 3.32. The van der Waals surface area contributed by atoms with Gasteiger partial charge in [-0.3, -0.25) is 14.9 Å². The molecule has 0 amide bonds. The normalized spacial score (nSPS) is 15.1. The van der Waals surface area contributed by atoms with Crippen LogP contribution in [0.3, 0.4) is 0 Å². The summed E-state index contributed by atoms with van der Waals surface area (Å²) in [5, 5.41) is 10.2. The Hall–Kier alpha value is -2.18. The Bertz CT molecular complexity index is 1030. The van der Waals surface area contributed by atoms with Crippen molar-refractivity contribution in [3.05, 3.63) is 49.5 Å². The van der Waals surface area contributed by atoms with Gasteiger partial charge in [-0.25, -0.2) is 13.6 Å². The molecule has 1 heterocycles. The van der Waals surface area contributed by atoms with Crippen molar-refractivity contribution in [2.45, 2.75) is 23.3 Å². The first-order chi connectivity index (χ1) is 12.1. The van der Waals surface area contributed by atoms with E-state index in [1.165, 1.54) is 6.92 Å². The minimum atomic E-state index is -2.09. The summed E-state index contributed by atoms with van der Waals surface area (Å²) >= 11 is 1.90. The van der Waals surface area contributed by atoms with E-state index in [1.54, 1.807) is 0 Å². The van der Waals surface area contributed by atoms with Gasteiger partial charge in [0.25, 0.3) is 0 Å². The SMILES string of the molecule is CCOC(=O)c1cn(C2(I)CC2)c2c(F)c(F)c(F)c([N+](=O)[O-])c2c1=O. The molecule has 0 atom stereocenters. The molecule has 2 aromatic rings. The first kappa shape index (κ1) is 18.6. The van der Waals surface area contributed by atoms with Gasteiger partial charge in [-0.2, -0.15) is 4.39 Å². The summed E-state index contributed by atoms with van der Waals surface area (Å²) in [5.41, 5.74) is -4.17. The predicted molar refractivity (Wildman–Crippen MR) is 91.9 cm³/mol. The molecule has 138 valence electrons. The van der Waals surface area contributed by atoms with E-state index >= 15 is 0 Å². The van der Waals surface area contributed by atoms with Gasteiger partial charge in [-0.15, -0.1) is 0 Å². The Labute approximate surface area is 157 Å². The number of nitro groups is 1. The number of ether oxygens (including phenoxy) is 1. The molecule has 0 unspecified atom stereocenters. The van der Waals surface area contributed by atoms with Crippen LogP contribution in [-0.2, 0) is 8.28 Å². The molecule has 3 rings (SSSR count). The fourth-order valence-corrected chi connectivity index (χ4v) is 3.30. The summed E-state index contributed by atoms with van der Waals surface area (Å²) < 4.78 is 47.4. The number of pyridine rings is 1. The second-order valence-electron chi connectivity index (χ2n) is 5.65. The minimum Gasteiger partial charge on any atom is -0.462 e. The second-order valence-corrected chi connectivity index (χ2v) is 7.66. The van der Waals surface area contributed by atoms with Gasteiger partial charge in [0.2, 0.25) is 17.1 Å². The predicted octanol–water partition coefficient (Wildman–Crippen LogP) is 3.39. The number of carbonyl (C=O) groups excluding carboxylic acids is 1. The highest BCUT2D eigenvalue weighted by Crippen LogP contribution is 2.51. The molecule has 0 radical (unpaired) electrons. The zero-order chi connectivity index (χ0) is 19.4. The maximum Gasteiger partial charge on any atom is 0.343 e. The van der Waals surface area contributed by atoms with Gasteiger partial charge in [0, 0.05) is 6.20 Å². The second kappa shape index (κ2) is 6.21. The fourth-order valence-electron chi connectivity index (χ4n) is 2.65. The maximum atomic E-state index is 14.5. The van der Waals surface area contributed by atoms with E-state index in [0.29, 0.717) is 12.8 Å². The highest BCUT2D eigenvalue weighted by molar-refractivity contribution is 14.1. The van der Waals surface area contributed by atoms with Crippen LogP contribution in [0, 0.1) is 27.6 Å². The van der Waals surface area contributed by atoms with Gasteiger partial charge in [0.15, 0.2) is 5.82 Å². The largest absolute Gasteiger partial charge is 0.462 e. The first-order valence-corrected chi connectivity index (χ1v) is 8.48. The number of aromatic nitrogens is 1. The third-order valence-corrected chi connectivity index (χ3v) is 5.62. The lowest BCUT2D eigenvalue weighted by Crippen LogP contribution is -2.25. The van der Waals surface area contributed by atoms with E-state index in [9.17, 15) is 32.9 Å². The van der Waals surface area contributed by atoms with Crippen LogP contribution in [0.2, 0.25) is 0 Å². The number of fused-ring (bicyclic) bond motifs is 1. The van der Waals surface area contributed by atoms with Crippen LogP contribution in [0.5, 0.6) is 0 Å². The first-order valence-electron chi connectivity index (χ1n) is 7.40. The lowest BCUT2D eigenvalue weighted by molar-refractivity contribution is -0.386. The summed E-state index contributed by atoms with van der Waals surface area (Å²) in [5.74, 6) is -6.96. The van der Waals surface area contributed by atoms with E-state index in [-0.39, 0.29) is 6.61 Å². The molecular weight excluding hydrogens is 472 g/mol. The number of hydrogen-bond donors (Lipinski definition) is 0. The molecule has 0 N–H and O–H groups in total. The monoisotopic (exact) mass is 482 g/mol. The lowest BCUT2D eigenvalue weighted by Gasteiger charge is -2.18. The molecule has 11 heteroatoms. The van der Waals surface area contributed by atoms with Crippen molar-refractivity contribution in [3.63, 3.8) is 0 Å². The van der Waals surface area contributed by atoms with E-state index in [4.69, 9.17) is 4.74 Å². The molecule has 7 nitrogen and oxygen atoms in total. The Kier molecular flexibility index (Phi) is 4.45. The molecule has 0 aliphatic heterocycles. The Morgan fingerprint density at radius 1 is 1.35 bits per heavy atom. The number of esters is 1. The number of hydrogen-bond acceptors (Lipinski definition) is 5. The standard InChI is InChI=1S/C15H10F3IN2O5/c1-2-26-14(23)6-5-20(15(19)3-4-15)11-7(13(6)22)12(21(24)25)10(18)8(16)9(11)17/h5H,2-4H2,1H3. The lowest BCUT2D eigenvalue weighted by atomic mass is 10.1. The summed E-state index contributed by atoms with van der Waals surface area (Å²) in [6, 6.07) is 0. The number of benzene rings is 1. The number of halogens is 4. The molecule has 26 heavy (non-hydrogen) atoms. The van der Waals surface area contributed by atoms with Gasteiger partial charge >= 0.3 is 11.7 Å². The quantitative estimate of drug-likeness (QED) is 0.167. The summed E-state index contributed by atoms with van der Waals surface area (Å²) in [4.78, 5) is 34.6. The van der Waals surface area contributed by atoms with Crippen LogP contribution >= 0.6 is 22.6 Å². The van der Waals surface area contributed by atoms with Crippen molar-refractivity contribution in [1.29, 1.82) is 0 Å². The fraction of sp³-hybridized carbons (Fsp3) is 0.333.